The van der Waals surface area contributed by atoms with Gasteiger partial charge in [0.25, 0.3) is 11.1 Å². The van der Waals surface area contributed by atoms with Crippen LogP contribution in [-0.4, -0.2) is 19.7 Å². The molecule has 0 bridgehead atoms. The molecular formula is C11H14N4O2. The third kappa shape index (κ3) is 1.93. The molecule has 6 nitrogen and oxygen atoms in total. The van der Waals surface area contributed by atoms with E-state index in [0.29, 0.717) is 17.7 Å². The Morgan fingerprint density at radius 1 is 1.35 bits per heavy atom. The summed E-state index contributed by atoms with van der Waals surface area (Å²) in [5.41, 5.74) is 1.56. The van der Waals surface area contributed by atoms with Gasteiger partial charge in [0, 0.05) is 23.0 Å². The number of H-pyrrole nitrogens is 2. The van der Waals surface area contributed by atoms with E-state index >= 15 is 0 Å². The Kier molecular flexibility index (Phi) is 2.71. The number of aromatic amines is 2. The van der Waals surface area contributed by atoms with E-state index in [9.17, 15) is 9.59 Å². The Bertz CT molecular complexity index is 663. The normalized spacial score (nSPS) is 10.8. The van der Waals surface area contributed by atoms with Gasteiger partial charge in [-0.1, -0.05) is 6.92 Å². The fourth-order valence-corrected chi connectivity index (χ4v) is 1.79. The first-order chi connectivity index (χ1) is 8.02. The van der Waals surface area contributed by atoms with Crippen molar-refractivity contribution in [2.24, 2.45) is 0 Å². The zero-order valence-electron chi connectivity index (χ0n) is 10.00. The molecule has 17 heavy (non-hydrogen) atoms. The van der Waals surface area contributed by atoms with E-state index in [1.165, 1.54) is 10.7 Å². The quantitative estimate of drug-likeness (QED) is 0.790. The summed E-state index contributed by atoms with van der Waals surface area (Å²) in [6.45, 7) is 5.42. The van der Waals surface area contributed by atoms with Gasteiger partial charge in [0.05, 0.1) is 0 Å². The highest BCUT2D eigenvalue weighted by Crippen LogP contribution is 2.01. The number of hydrogen-bond donors (Lipinski definition) is 2. The second kappa shape index (κ2) is 4.04. The van der Waals surface area contributed by atoms with E-state index in [1.807, 2.05) is 6.92 Å². The summed E-state index contributed by atoms with van der Waals surface area (Å²) >= 11 is 0. The van der Waals surface area contributed by atoms with Crippen LogP contribution in [0.3, 0.4) is 0 Å². The van der Waals surface area contributed by atoms with Crippen LogP contribution in [0.15, 0.2) is 15.7 Å². The zero-order chi connectivity index (χ0) is 12.6. The Hall–Kier alpha value is -2.11. The predicted molar refractivity (Wildman–Crippen MR) is 63.7 cm³/mol. The Balaban J connectivity index is 2.66. The van der Waals surface area contributed by atoms with Gasteiger partial charge in [0.15, 0.2) is 0 Å². The van der Waals surface area contributed by atoms with Crippen molar-refractivity contribution < 1.29 is 0 Å². The summed E-state index contributed by atoms with van der Waals surface area (Å²) in [4.78, 5) is 30.2. The van der Waals surface area contributed by atoms with Crippen molar-refractivity contribution in [1.82, 2.24) is 19.7 Å². The van der Waals surface area contributed by atoms with Crippen LogP contribution in [0.1, 0.15) is 23.9 Å². The molecule has 0 atom stereocenters. The highest BCUT2D eigenvalue weighted by molar-refractivity contribution is 5.21. The summed E-state index contributed by atoms with van der Waals surface area (Å²) in [6.07, 6.45) is 0.618. The minimum absolute atomic E-state index is 0.200. The number of hydrogen-bond acceptors (Lipinski definition) is 3. The lowest BCUT2D eigenvalue weighted by Crippen LogP contribution is -2.24. The van der Waals surface area contributed by atoms with E-state index < -0.39 is 0 Å². The fourth-order valence-electron chi connectivity index (χ4n) is 1.79. The smallest absolute Gasteiger partial charge is 0.274 e. The van der Waals surface area contributed by atoms with E-state index in [2.05, 4.69) is 15.1 Å². The molecule has 0 amide bonds. The molecule has 2 aromatic rings. The van der Waals surface area contributed by atoms with Gasteiger partial charge >= 0.3 is 0 Å². The number of aryl methyl sites for hydroxylation is 2. The summed E-state index contributed by atoms with van der Waals surface area (Å²) < 4.78 is 1.23. The first-order valence-electron chi connectivity index (χ1n) is 5.41. The maximum atomic E-state index is 11.8. The molecule has 2 aromatic heterocycles. The molecule has 0 aliphatic heterocycles. The number of rotatable bonds is 2. The highest BCUT2D eigenvalue weighted by atomic mass is 16.1. The highest BCUT2D eigenvalue weighted by Gasteiger charge is 2.09. The maximum absolute atomic E-state index is 11.8. The molecule has 2 heterocycles. The minimum Gasteiger partial charge on any atom is -0.293 e. The number of nitrogens with one attached hydrogen (secondary N) is 2. The van der Waals surface area contributed by atoms with Crippen LogP contribution in [0, 0.1) is 13.8 Å². The maximum Gasteiger partial charge on any atom is 0.274 e. The molecule has 0 radical (unpaired) electrons. The lowest BCUT2D eigenvalue weighted by molar-refractivity contribution is 0.755. The Morgan fingerprint density at radius 3 is 2.53 bits per heavy atom. The summed E-state index contributed by atoms with van der Waals surface area (Å²) in [5.74, 6) is 0.225. The van der Waals surface area contributed by atoms with Gasteiger partial charge in [-0.2, -0.15) is 4.68 Å². The monoisotopic (exact) mass is 234 g/mol. The van der Waals surface area contributed by atoms with Crippen molar-refractivity contribution in [3.8, 4) is 5.95 Å². The molecule has 0 aliphatic rings. The second-order valence-corrected chi connectivity index (χ2v) is 3.92. The fraction of sp³-hybridized carbons (Fsp3) is 0.364. The van der Waals surface area contributed by atoms with Crippen molar-refractivity contribution in [2.45, 2.75) is 27.2 Å². The average molecular weight is 234 g/mol. The largest absolute Gasteiger partial charge is 0.293 e. The minimum atomic E-state index is -0.241. The van der Waals surface area contributed by atoms with Crippen molar-refractivity contribution in [3.63, 3.8) is 0 Å². The summed E-state index contributed by atoms with van der Waals surface area (Å²) in [7, 11) is 0. The van der Waals surface area contributed by atoms with E-state index in [4.69, 9.17) is 0 Å². The molecule has 90 valence electrons. The molecule has 0 spiro atoms. The van der Waals surface area contributed by atoms with Gasteiger partial charge < -0.3 is 0 Å². The van der Waals surface area contributed by atoms with E-state index in [1.54, 1.807) is 13.8 Å². The summed E-state index contributed by atoms with van der Waals surface area (Å²) in [5, 5.41) is 2.82. The average Bonchev–Trinajstić information content (AvgIpc) is 2.57. The third-order valence-electron chi connectivity index (χ3n) is 2.62. The first-order valence-corrected chi connectivity index (χ1v) is 5.41. The van der Waals surface area contributed by atoms with Crippen molar-refractivity contribution in [3.05, 3.63) is 43.7 Å². The van der Waals surface area contributed by atoms with E-state index in [-0.39, 0.29) is 17.1 Å². The molecule has 0 aliphatic carbocycles. The van der Waals surface area contributed by atoms with Gasteiger partial charge in [0.1, 0.15) is 0 Å². The van der Waals surface area contributed by atoms with E-state index in [0.717, 1.165) is 5.69 Å². The summed E-state index contributed by atoms with van der Waals surface area (Å²) in [6, 6.07) is 1.45. The molecule has 0 aromatic carbocycles. The van der Waals surface area contributed by atoms with Crippen LogP contribution < -0.4 is 11.1 Å². The number of nitrogens with zero attached hydrogens (tertiary/aromatic N) is 2. The van der Waals surface area contributed by atoms with Crippen molar-refractivity contribution in [2.75, 3.05) is 0 Å². The molecule has 0 unspecified atom stereocenters. The first kappa shape index (κ1) is 11.4. The van der Waals surface area contributed by atoms with Gasteiger partial charge in [-0.3, -0.25) is 19.7 Å². The van der Waals surface area contributed by atoms with Crippen LogP contribution in [0.4, 0.5) is 0 Å². The van der Waals surface area contributed by atoms with Crippen LogP contribution >= 0.6 is 0 Å². The van der Waals surface area contributed by atoms with Crippen molar-refractivity contribution in [1.29, 1.82) is 0 Å². The standard InChI is InChI=1S/C11H14N4O2/c1-4-8-7(3)12-11(13-10(8)17)15-9(16)5-6(2)14-15/h5,14H,4H2,1-3H3,(H,12,13,17). The predicted octanol–water partition coefficient (Wildman–Crippen LogP) is 0.428. The Morgan fingerprint density at radius 2 is 2.06 bits per heavy atom. The molecular weight excluding hydrogens is 220 g/mol. The Labute approximate surface area is 97.3 Å². The van der Waals surface area contributed by atoms with Crippen LogP contribution in [0.5, 0.6) is 0 Å². The molecule has 0 saturated carbocycles. The molecule has 0 fully saturated rings. The lowest BCUT2D eigenvalue weighted by atomic mass is 10.2. The van der Waals surface area contributed by atoms with Crippen LogP contribution in [0.2, 0.25) is 0 Å². The zero-order valence-corrected chi connectivity index (χ0v) is 10.00. The van der Waals surface area contributed by atoms with Crippen LogP contribution in [0.25, 0.3) is 5.95 Å². The number of aromatic nitrogens is 4. The second-order valence-electron chi connectivity index (χ2n) is 3.92. The van der Waals surface area contributed by atoms with Gasteiger partial charge in [0.2, 0.25) is 5.95 Å². The van der Waals surface area contributed by atoms with Gasteiger partial charge in [-0.15, -0.1) is 0 Å². The van der Waals surface area contributed by atoms with Gasteiger partial charge in [-0.05, 0) is 20.3 Å². The van der Waals surface area contributed by atoms with Crippen molar-refractivity contribution >= 4 is 0 Å². The van der Waals surface area contributed by atoms with Gasteiger partial charge in [-0.25, -0.2) is 4.98 Å². The lowest BCUT2D eigenvalue weighted by Gasteiger charge is -2.05. The van der Waals surface area contributed by atoms with Crippen LogP contribution in [-0.2, 0) is 6.42 Å². The molecule has 2 rings (SSSR count). The SMILES string of the molecule is CCc1c(C)nc(-n2[nH]c(C)cc2=O)[nH]c1=O. The molecule has 0 saturated heterocycles. The topological polar surface area (TPSA) is 83.5 Å². The third-order valence-corrected chi connectivity index (χ3v) is 2.62. The molecule has 6 heteroatoms. The molecule has 2 N–H and O–H groups in total.